The highest BCUT2D eigenvalue weighted by Crippen LogP contribution is 2.17. The van der Waals surface area contributed by atoms with E-state index in [0.717, 1.165) is 9.75 Å². The van der Waals surface area contributed by atoms with Crippen LogP contribution in [0.15, 0.2) is 12.1 Å². The average Bonchev–Trinajstić information content (AvgIpc) is 2.69. The van der Waals surface area contributed by atoms with Gasteiger partial charge in [0.2, 0.25) is 5.91 Å². The van der Waals surface area contributed by atoms with Crippen LogP contribution < -0.4 is 11.1 Å². The van der Waals surface area contributed by atoms with E-state index < -0.39 is 0 Å². The van der Waals surface area contributed by atoms with Crippen LogP contribution >= 0.6 is 11.3 Å². The molecule has 1 rings (SSSR count). The molecule has 0 atom stereocenters. The molecule has 0 aliphatic carbocycles. The summed E-state index contributed by atoms with van der Waals surface area (Å²) >= 11 is 1.58. The number of hydrogen-bond donors (Lipinski definition) is 2. The van der Waals surface area contributed by atoms with Crippen LogP contribution in [0.2, 0.25) is 0 Å². The molecule has 0 fully saturated rings. The Hall–Kier alpha value is -1.31. The number of rotatable bonds is 2. The number of amides is 1. The first-order valence-corrected chi connectivity index (χ1v) is 6.31. The smallest absolute Gasteiger partial charge is 0.225 e. The van der Waals surface area contributed by atoms with E-state index in [-0.39, 0.29) is 11.3 Å². The maximum atomic E-state index is 11.7. The maximum Gasteiger partial charge on any atom is 0.225 e. The zero-order valence-electron chi connectivity index (χ0n) is 10.5. The normalized spacial score (nSPS) is 10.6. The number of carbonyl (C=O) groups is 1. The largest absolute Gasteiger partial charge is 0.351 e. The van der Waals surface area contributed by atoms with E-state index in [0.29, 0.717) is 13.1 Å². The lowest BCUT2D eigenvalue weighted by Gasteiger charge is -2.17. The third-order valence-electron chi connectivity index (χ3n) is 2.08. The van der Waals surface area contributed by atoms with Gasteiger partial charge in [0, 0.05) is 10.3 Å². The Bertz CT molecular complexity index is 446. The molecule has 1 heterocycles. The van der Waals surface area contributed by atoms with Crippen LogP contribution in [-0.2, 0) is 11.3 Å². The van der Waals surface area contributed by atoms with Crippen LogP contribution in [0.4, 0.5) is 0 Å². The fraction of sp³-hybridized carbons (Fsp3) is 0.462. The van der Waals surface area contributed by atoms with Crippen molar-refractivity contribution < 1.29 is 4.79 Å². The first-order valence-electron chi connectivity index (χ1n) is 5.49. The van der Waals surface area contributed by atoms with Gasteiger partial charge in [-0.1, -0.05) is 32.6 Å². The molecule has 0 aromatic carbocycles. The van der Waals surface area contributed by atoms with Crippen molar-refractivity contribution in [3.8, 4) is 11.8 Å². The van der Waals surface area contributed by atoms with Gasteiger partial charge in [0.05, 0.1) is 18.0 Å². The summed E-state index contributed by atoms with van der Waals surface area (Å²) in [5.74, 6) is 5.84. The molecule has 0 bridgehead atoms. The van der Waals surface area contributed by atoms with Crippen molar-refractivity contribution in [1.29, 1.82) is 0 Å². The second kappa shape index (κ2) is 5.85. The lowest BCUT2D eigenvalue weighted by atomic mass is 9.96. The van der Waals surface area contributed by atoms with Crippen LogP contribution in [0.5, 0.6) is 0 Å². The molecule has 0 saturated carbocycles. The molecule has 92 valence electrons. The summed E-state index contributed by atoms with van der Waals surface area (Å²) in [6.07, 6.45) is 0. The van der Waals surface area contributed by atoms with Crippen LogP contribution in [0.3, 0.4) is 0 Å². The third kappa shape index (κ3) is 4.59. The molecule has 0 aliphatic heterocycles. The van der Waals surface area contributed by atoms with Crippen molar-refractivity contribution in [3.63, 3.8) is 0 Å². The zero-order chi connectivity index (χ0) is 12.9. The standard InChI is InChI=1S/C13H18N2OS/c1-13(2,3)12(16)15-9-11-7-6-10(17-11)5-4-8-14/h6-7H,8-9,14H2,1-3H3,(H,15,16). The minimum absolute atomic E-state index is 0.0560. The van der Waals surface area contributed by atoms with Gasteiger partial charge < -0.3 is 11.1 Å². The van der Waals surface area contributed by atoms with Gasteiger partial charge in [-0.05, 0) is 12.1 Å². The molecular weight excluding hydrogens is 232 g/mol. The van der Waals surface area contributed by atoms with E-state index in [1.165, 1.54) is 0 Å². The first kappa shape index (κ1) is 13.8. The van der Waals surface area contributed by atoms with Crippen molar-refractivity contribution in [3.05, 3.63) is 21.9 Å². The molecule has 0 saturated heterocycles. The van der Waals surface area contributed by atoms with Gasteiger partial charge in [0.1, 0.15) is 0 Å². The van der Waals surface area contributed by atoms with E-state index in [9.17, 15) is 4.79 Å². The summed E-state index contributed by atoms with van der Waals surface area (Å²) in [5, 5.41) is 2.91. The topological polar surface area (TPSA) is 55.1 Å². The molecule has 3 N–H and O–H groups in total. The van der Waals surface area contributed by atoms with E-state index in [1.807, 2.05) is 32.9 Å². The summed E-state index contributed by atoms with van der Waals surface area (Å²) in [7, 11) is 0. The Balaban J connectivity index is 2.53. The lowest BCUT2D eigenvalue weighted by Crippen LogP contribution is -2.34. The Morgan fingerprint density at radius 2 is 2.18 bits per heavy atom. The molecule has 0 aliphatic rings. The van der Waals surface area contributed by atoms with Gasteiger partial charge in [0.15, 0.2) is 0 Å². The molecule has 0 unspecified atom stereocenters. The van der Waals surface area contributed by atoms with Gasteiger partial charge in [-0.15, -0.1) is 11.3 Å². The molecule has 0 radical (unpaired) electrons. The number of carbonyl (C=O) groups excluding carboxylic acids is 1. The second-order valence-electron chi connectivity index (χ2n) is 4.70. The first-order chi connectivity index (χ1) is 7.93. The van der Waals surface area contributed by atoms with E-state index in [1.54, 1.807) is 11.3 Å². The number of nitrogens with two attached hydrogens (primary N) is 1. The Morgan fingerprint density at radius 1 is 1.47 bits per heavy atom. The summed E-state index contributed by atoms with van der Waals surface area (Å²) in [4.78, 5) is 13.7. The average molecular weight is 250 g/mol. The number of nitrogens with one attached hydrogen (secondary N) is 1. The third-order valence-corrected chi connectivity index (χ3v) is 3.08. The monoisotopic (exact) mass is 250 g/mol. The summed E-state index contributed by atoms with van der Waals surface area (Å²) in [6.45, 7) is 6.62. The van der Waals surface area contributed by atoms with Crippen molar-refractivity contribution >= 4 is 17.2 Å². The van der Waals surface area contributed by atoms with Crippen LogP contribution in [0.25, 0.3) is 0 Å². The molecule has 1 aromatic rings. The van der Waals surface area contributed by atoms with Crippen LogP contribution in [0, 0.1) is 17.3 Å². The van der Waals surface area contributed by atoms with Gasteiger partial charge in [-0.25, -0.2) is 0 Å². The van der Waals surface area contributed by atoms with Crippen LogP contribution in [0.1, 0.15) is 30.5 Å². The fourth-order valence-corrected chi connectivity index (χ4v) is 1.93. The zero-order valence-corrected chi connectivity index (χ0v) is 11.3. The Kier molecular flexibility index (Phi) is 4.73. The number of thiophene rings is 1. The van der Waals surface area contributed by atoms with E-state index >= 15 is 0 Å². The quantitative estimate of drug-likeness (QED) is 0.785. The lowest BCUT2D eigenvalue weighted by molar-refractivity contribution is -0.128. The van der Waals surface area contributed by atoms with Crippen LogP contribution in [-0.4, -0.2) is 12.5 Å². The molecule has 1 amide bonds. The molecule has 17 heavy (non-hydrogen) atoms. The van der Waals surface area contributed by atoms with Gasteiger partial charge >= 0.3 is 0 Å². The number of hydrogen-bond acceptors (Lipinski definition) is 3. The minimum atomic E-state index is -0.348. The van der Waals surface area contributed by atoms with Crippen molar-refractivity contribution in [2.45, 2.75) is 27.3 Å². The molecule has 3 nitrogen and oxygen atoms in total. The molecule has 4 heteroatoms. The molecule has 0 spiro atoms. The van der Waals surface area contributed by atoms with E-state index in [2.05, 4.69) is 17.2 Å². The van der Waals surface area contributed by atoms with Gasteiger partial charge in [0.25, 0.3) is 0 Å². The highest BCUT2D eigenvalue weighted by Gasteiger charge is 2.20. The summed E-state index contributed by atoms with van der Waals surface area (Å²) in [5.41, 5.74) is 4.96. The highest BCUT2D eigenvalue weighted by atomic mass is 32.1. The van der Waals surface area contributed by atoms with Gasteiger partial charge in [-0.3, -0.25) is 4.79 Å². The molecular formula is C13H18N2OS. The molecule has 1 aromatic heterocycles. The Morgan fingerprint density at radius 3 is 2.76 bits per heavy atom. The van der Waals surface area contributed by atoms with Crippen molar-refractivity contribution in [2.24, 2.45) is 11.1 Å². The van der Waals surface area contributed by atoms with Crippen molar-refractivity contribution in [1.82, 2.24) is 5.32 Å². The highest BCUT2D eigenvalue weighted by molar-refractivity contribution is 7.12. The predicted octanol–water partition coefficient (Wildman–Crippen LogP) is 1.72. The summed E-state index contributed by atoms with van der Waals surface area (Å²) in [6, 6.07) is 3.93. The van der Waals surface area contributed by atoms with Gasteiger partial charge in [-0.2, -0.15) is 0 Å². The maximum absolute atomic E-state index is 11.7. The predicted molar refractivity (Wildman–Crippen MR) is 71.6 cm³/mol. The van der Waals surface area contributed by atoms with E-state index in [4.69, 9.17) is 5.73 Å². The minimum Gasteiger partial charge on any atom is -0.351 e. The SMILES string of the molecule is CC(C)(C)C(=O)NCc1ccc(C#CCN)s1. The van der Waals surface area contributed by atoms with Crippen molar-refractivity contribution in [2.75, 3.05) is 6.54 Å². The fourth-order valence-electron chi connectivity index (χ4n) is 1.11. The second-order valence-corrected chi connectivity index (χ2v) is 5.87. The Labute approximate surface area is 106 Å². The summed E-state index contributed by atoms with van der Waals surface area (Å²) < 4.78 is 0.